The first-order valence-corrected chi connectivity index (χ1v) is 12.3. The van der Waals surface area contributed by atoms with E-state index in [9.17, 15) is 13.2 Å². The molecule has 1 N–H and O–H groups in total. The van der Waals surface area contributed by atoms with Crippen LogP contribution in [0.1, 0.15) is 43.7 Å². The fourth-order valence-corrected chi connectivity index (χ4v) is 6.45. The van der Waals surface area contributed by atoms with E-state index in [0.717, 1.165) is 17.5 Å². The average Bonchev–Trinajstić information content (AvgIpc) is 3.35. The molecule has 0 aromatic heterocycles. The van der Waals surface area contributed by atoms with Crippen molar-refractivity contribution in [3.05, 3.63) is 59.7 Å². The van der Waals surface area contributed by atoms with Gasteiger partial charge in [0.05, 0.1) is 10.6 Å². The summed E-state index contributed by atoms with van der Waals surface area (Å²) in [6.07, 6.45) is 5.32. The molecule has 3 atom stereocenters. The summed E-state index contributed by atoms with van der Waals surface area (Å²) in [6, 6.07) is 14.4. The molecule has 2 bridgehead atoms. The number of hydrogen-bond acceptors (Lipinski definition) is 3. The standard InChI is InChI=1S/C24H30N2O3S/c1-3-19-6-4-5-7-23(19)26(30(28,29)21-12-8-17(2)9-13-21)16-24(27)25-22-15-18-10-11-20(22)14-18/h4-9,12-13,18,20,22H,3,10-11,14-16H2,1-2H3,(H,25,27)/t18-,20-,22-/m0/s1. The average molecular weight is 427 g/mol. The van der Waals surface area contributed by atoms with Crippen molar-refractivity contribution in [3.8, 4) is 0 Å². The monoisotopic (exact) mass is 426 g/mol. The van der Waals surface area contributed by atoms with Gasteiger partial charge in [-0.3, -0.25) is 9.10 Å². The lowest BCUT2D eigenvalue weighted by Crippen LogP contribution is -2.46. The maximum atomic E-state index is 13.6. The van der Waals surface area contributed by atoms with Crippen molar-refractivity contribution in [3.63, 3.8) is 0 Å². The second-order valence-electron chi connectivity index (χ2n) is 8.66. The molecule has 2 fully saturated rings. The zero-order chi connectivity index (χ0) is 21.3. The minimum atomic E-state index is -3.87. The number of fused-ring (bicyclic) bond motifs is 2. The van der Waals surface area contributed by atoms with Crippen LogP contribution in [-0.4, -0.2) is 26.9 Å². The van der Waals surface area contributed by atoms with Gasteiger partial charge in [0.1, 0.15) is 6.54 Å². The largest absolute Gasteiger partial charge is 0.352 e. The van der Waals surface area contributed by atoms with Crippen molar-refractivity contribution in [2.24, 2.45) is 11.8 Å². The van der Waals surface area contributed by atoms with E-state index in [2.05, 4.69) is 5.32 Å². The van der Waals surface area contributed by atoms with Crippen LogP contribution < -0.4 is 9.62 Å². The molecular formula is C24H30N2O3S. The minimum Gasteiger partial charge on any atom is -0.352 e. The number of sulfonamides is 1. The van der Waals surface area contributed by atoms with Gasteiger partial charge in [-0.25, -0.2) is 8.42 Å². The second-order valence-corrected chi connectivity index (χ2v) is 10.5. The number of para-hydroxylation sites is 1. The Labute approximate surface area is 179 Å². The number of amides is 1. The molecule has 2 aromatic rings. The van der Waals surface area contributed by atoms with Gasteiger partial charge in [-0.2, -0.15) is 0 Å². The van der Waals surface area contributed by atoms with Gasteiger partial charge < -0.3 is 5.32 Å². The van der Waals surface area contributed by atoms with E-state index in [1.807, 2.05) is 32.0 Å². The van der Waals surface area contributed by atoms with Gasteiger partial charge >= 0.3 is 0 Å². The number of carbonyl (C=O) groups excluding carboxylic acids is 1. The fourth-order valence-electron chi connectivity index (χ4n) is 4.99. The molecule has 2 aliphatic carbocycles. The molecule has 160 valence electrons. The highest BCUT2D eigenvalue weighted by Gasteiger charge is 2.40. The minimum absolute atomic E-state index is 0.182. The van der Waals surface area contributed by atoms with E-state index in [1.165, 1.54) is 23.6 Å². The lowest BCUT2D eigenvalue weighted by atomic mass is 9.95. The van der Waals surface area contributed by atoms with E-state index < -0.39 is 10.0 Å². The number of anilines is 1. The van der Waals surface area contributed by atoms with Crippen LogP contribution in [0.3, 0.4) is 0 Å². The van der Waals surface area contributed by atoms with Gasteiger partial charge in [0.2, 0.25) is 5.91 Å². The Morgan fingerprint density at radius 1 is 1.07 bits per heavy atom. The van der Waals surface area contributed by atoms with Crippen molar-refractivity contribution in [1.82, 2.24) is 5.32 Å². The Morgan fingerprint density at radius 3 is 2.43 bits per heavy atom. The quantitative estimate of drug-likeness (QED) is 0.726. The molecule has 2 saturated carbocycles. The number of aryl methyl sites for hydroxylation is 2. The molecule has 0 radical (unpaired) electrons. The first kappa shape index (κ1) is 20.9. The summed E-state index contributed by atoms with van der Waals surface area (Å²) in [5.41, 5.74) is 2.47. The number of carbonyl (C=O) groups is 1. The molecule has 2 aliphatic rings. The van der Waals surface area contributed by atoms with Crippen LogP contribution in [-0.2, 0) is 21.2 Å². The third-order valence-electron chi connectivity index (χ3n) is 6.62. The Balaban J connectivity index is 1.63. The fraction of sp³-hybridized carbons (Fsp3) is 0.458. The van der Waals surface area contributed by atoms with Crippen molar-refractivity contribution in [2.45, 2.75) is 56.9 Å². The summed E-state index contributed by atoms with van der Waals surface area (Å²) < 4.78 is 28.4. The molecule has 0 saturated heterocycles. The lowest BCUT2D eigenvalue weighted by molar-refractivity contribution is -0.120. The van der Waals surface area contributed by atoms with Crippen LogP contribution in [0.5, 0.6) is 0 Å². The number of rotatable bonds is 7. The zero-order valence-electron chi connectivity index (χ0n) is 17.7. The van der Waals surface area contributed by atoms with E-state index in [-0.39, 0.29) is 23.4 Å². The molecule has 0 aliphatic heterocycles. The Morgan fingerprint density at radius 2 is 1.80 bits per heavy atom. The first-order valence-electron chi connectivity index (χ1n) is 10.8. The van der Waals surface area contributed by atoms with Crippen molar-refractivity contribution >= 4 is 21.6 Å². The number of nitrogens with zero attached hydrogens (tertiary/aromatic N) is 1. The summed E-state index contributed by atoms with van der Waals surface area (Å²) in [4.78, 5) is 13.2. The topological polar surface area (TPSA) is 66.5 Å². The number of benzene rings is 2. The molecule has 0 spiro atoms. The highest BCUT2D eigenvalue weighted by atomic mass is 32.2. The highest BCUT2D eigenvalue weighted by Crippen LogP contribution is 2.44. The van der Waals surface area contributed by atoms with Gasteiger partial charge in [-0.1, -0.05) is 49.2 Å². The molecule has 0 heterocycles. The van der Waals surface area contributed by atoms with Crippen molar-refractivity contribution in [1.29, 1.82) is 0 Å². The summed E-state index contributed by atoms with van der Waals surface area (Å²) in [5, 5.41) is 3.14. The van der Waals surface area contributed by atoms with Crippen LogP contribution in [0, 0.1) is 18.8 Å². The Kier molecular flexibility index (Phi) is 5.87. The molecule has 2 aromatic carbocycles. The molecule has 1 amide bonds. The smallest absolute Gasteiger partial charge is 0.264 e. The third kappa shape index (κ3) is 4.10. The van der Waals surface area contributed by atoms with Gasteiger partial charge in [0, 0.05) is 6.04 Å². The molecular weight excluding hydrogens is 396 g/mol. The van der Waals surface area contributed by atoms with Gasteiger partial charge in [0.15, 0.2) is 0 Å². The van der Waals surface area contributed by atoms with Gasteiger partial charge in [0.25, 0.3) is 10.0 Å². The predicted molar refractivity (Wildman–Crippen MR) is 119 cm³/mol. The molecule has 4 rings (SSSR count). The summed E-state index contributed by atoms with van der Waals surface area (Å²) >= 11 is 0. The van der Waals surface area contributed by atoms with Gasteiger partial charge in [-0.05, 0) is 68.2 Å². The predicted octanol–water partition coefficient (Wildman–Crippen LogP) is 4.06. The van der Waals surface area contributed by atoms with E-state index >= 15 is 0 Å². The maximum absolute atomic E-state index is 13.6. The maximum Gasteiger partial charge on any atom is 0.264 e. The van der Waals surface area contributed by atoms with Crippen LogP contribution in [0.25, 0.3) is 0 Å². The summed E-state index contributed by atoms with van der Waals surface area (Å²) in [5.74, 6) is 1.03. The van der Waals surface area contributed by atoms with Crippen molar-refractivity contribution in [2.75, 3.05) is 10.8 Å². The second kappa shape index (κ2) is 8.42. The van der Waals surface area contributed by atoms with E-state index in [4.69, 9.17) is 0 Å². The third-order valence-corrected chi connectivity index (χ3v) is 8.40. The van der Waals surface area contributed by atoms with Crippen LogP contribution in [0.2, 0.25) is 0 Å². The van der Waals surface area contributed by atoms with Gasteiger partial charge in [-0.15, -0.1) is 0 Å². The molecule has 5 nitrogen and oxygen atoms in total. The van der Waals surface area contributed by atoms with Crippen LogP contribution >= 0.6 is 0 Å². The first-order chi connectivity index (χ1) is 14.4. The van der Waals surface area contributed by atoms with E-state index in [0.29, 0.717) is 23.9 Å². The van der Waals surface area contributed by atoms with Crippen LogP contribution in [0.4, 0.5) is 5.69 Å². The summed E-state index contributed by atoms with van der Waals surface area (Å²) in [7, 11) is -3.87. The number of nitrogens with one attached hydrogen (secondary N) is 1. The lowest BCUT2D eigenvalue weighted by Gasteiger charge is -2.28. The van der Waals surface area contributed by atoms with E-state index in [1.54, 1.807) is 30.3 Å². The Bertz CT molecular complexity index is 1020. The van der Waals surface area contributed by atoms with Crippen LogP contribution in [0.15, 0.2) is 53.4 Å². The highest BCUT2D eigenvalue weighted by molar-refractivity contribution is 7.92. The van der Waals surface area contributed by atoms with Crippen molar-refractivity contribution < 1.29 is 13.2 Å². The molecule has 30 heavy (non-hydrogen) atoms. The number of hydrogen-bond donors (Lipinski definition) is 1. The molecule has 6 heteroatoms. The SMILES string of the molecule is CCc1ccccc1N(CC(=O)N[C@H]1C[C@H]2CC[C@H]1C2)S(=O)(=O)c1ccc(C)cc1. The zero-order valence-corrected chi connectivity index (χ0v) is 18.5. The summed E-state index contributed by atoms with van der Waals surface area (Å²) in [6.45, 7) is 3.70. The molecule has 0 unspecified atom stereocenters. The normalized spacial score (nSPS) is 22.8. The Hall–Kier alpha value is -2.34.